The molecular formula is C22H22N4O4S. The minimum atomic E-state index is -0.222. The van der Waals surface area contributed by atoms with E-state index in [1.807, 2.05) is 42.6 Å². The van der Waals surface area contributed by atoms with Crippen molar-refractivity contribution in [1.82, 2.24) is 14.8 Å². The number of carbonyl (C=O) groups excluding carboxylic acids is 1. The van der Waals surface area contributed by atoms with Gasteiger partial charge in [0.1, 0.15) is 11.5 Å². The minimum absolute atomic E-state index is 0.127. The predicted octanol–water partition coefficient (Wildman–Crippen LogP) is 4.42. The number of nitrogens with zero attached hydrogens (tertiary/aromatic N) is 3. The van der Waals surface area contributed by atoms with E-state index in [1.165, 1.54) is 16.0 Å². The van der Waals surface area contributed by atoms with Crippen LogP contribution in [0.15, 0.2) is 52.3 Å². The lowest BCUT2D eigenvalue weighted by Crippen LogP contribution is -2.18. The molecule has 0 radical (unpaired) electrons. The lowest BCUT2D eigenvalue weighted by atomic mass is 10.1. The van der Waals surface area contributed by atoms with Gasteiger partial charge in [0.05, 0.1) is 32.1 Å². The van der Waals surface area contributed by atoms with Gasteiger partial charge >= 0.3 is 0 Å². The molecule has 9 heteroatoms. The number of methoxy groups -OCH3 is 2. The maximum Gasteiger partial charge on any atom is 0.254 e. The first-order valence-corrected chi connectivity index (χ1v) is 10.5. The Labute approximate surface area is 183 Å². The van der Waals surface area contributed by atoms with Gasteiger partial charge in [0.15, 0.2) is 17.3 Å². The minimum Gasteiger partial charge on any atom is -0.493 e. The van der Waals surface area contributed by atoms with Crippen molar-refractivity contribution in [2.75, 3.05) is 19.5 Å². The molecule has 0 saturated carbocycles. The van der Waals surface area contributed by atoms with Crippen molar-refractivity contribution < 1.29 is 18.7 Å². The van der Waals surface area contributed by atoms with Crippen LogP contribution in [0.25, 0.3) is 10.7 Å². The number of aromatic nitrogens is 3. The predicted molar refractivity (Wildman–Crippen MR) is 118 cm³/mol. The van der Waals surface area contributed by atoms with Gasteiger partial charge < -0.3 is 19.2 Å². The third-order valence-corrected chi connectivity index (χ3v) is 5.47. The van der Waals surface area contributed by atoms with Gasteiger partial charge in [-0.05, 0) is 48.2 Å². The number of anilines is 1. The lowest BCUT2D eigenvalue weighted by Gasteiger charge is -2.10. The molecule has 0 spiro atoms. The molecule has 0 unspecified atom stereocenters. The second kappa shape index (κ2) is 9.05. The van der Waals surface area contributed by atoms with Crippen molar-refractivity contribution in [2.24, 2.45) is 0 Å². The third-order valence-electron chi connectivity index (χ3n) is 4.60. The number of thiophene rings is 1. The number of rotatable bonds is 8. The Hall–Kier alpha value is -3.59. The van der Waals surface area contributed by atoms with Crippen LogP contribution < -0.4 is 14.8 Å². The molecule has 0 aliphatic rings. The van der Waals surface area contributed by atoms with Crippen molar-refractivity contribution in [2.45, 2.75) is 19.9 Å². The summed E-state index contributed by atoms with van der Waals surface area (Å²) in [6.07, 6.45) is 0.127. The molecule has 0 aliphatic heterocycles. The molecule has 31 heavy (non-hydrogen) atoms. The summed E-state index contributed by atoms with van der Waals surface area (Å²) < 4.78 is 17.5. The number of hydrogen-bond acceptors (Lipinski definition) is 8. The van der Waals surface area contributed by atoms with E-state index in [2.05, 4.69) is 15.4 Å². The molecule has 0 amide bonds. The third kappa shape index (κ3) is 4.61. The van der Waals surface area contributed by atoms with Crippen molar-refractivity contribution in [3.8, 4) is 22.2 Å². The van der Waals surface area contributed by atoms with Crippen molar-refractivity contribution in [3.05, 3.63) is 64.9 Å². The fourth-order valence-electron chi connectivity index (χ4n) is 3.10. The molecule has 0 fully saturated rings. The number of benzene rings is 1. The highest BCUT2D eigenvalue weighted by molar-refractivity contribution is 7.13. The lowest BCUT2D eigenvalue weighted by molar-refractivity contribution is 0.0901. The van der Waals surface area contributed by atoms with Crippen molar-refractivity contribution in [1.29, 1.82) is 0 Å². The van der Waals surface area contributed by atoms with Gasteiger partial charge in [0, 0.05) is 0 Å². The number of hydrogen-bond donors (Lipinski definition) is 1. The standard InChI is InChI=1S/C22H22N4O4S/c1-14-6-8-16(30-14)13-23-22-24-21(19-5-4-10-31-19)25-26(22)20(27)12-15-7-9-17(28-2)18(11-15)29-3/h4-11H,12-13H2,1-3H3,(H,23,24,25). The molecule has 1 aromatic carbocycles. The summed E-state index contributed by atoms with van der Waals surface area (Å²) >= 11 is 1.51. The van der Waals surface area contributed by atoms with Crippen LogP contribution in [0.1, 0.15) is 21.9 Å². The largest absolute Gasteiger partial charge is 0.493 e. The molecule has 1 N–H and O–H groups in total. The Kier molecular flexibility index (Phi) is 6.03. The molecule has 8 nitrogen and oxygen atoms in total. The van der Waals surface area contributed by atoms with E-state index in [0.29, 0.717) is 29.8 Å². The molecular weight excluding hydrogens is 416 g/mol. The molecule has 0 saturated heterocycles. The average Bonchev–Trinajstić information content (AvgIpc) is 3.52. The molecule has 0 bridgehead atoms. The first-order valence-electron chi connectivity index (χ1n) is 9.61. The first kappa shape index (κ1) is 20.7. The van der Waals surface area contributed by atoms with Gasteiger partial charge in [-0.2, -0.15) is 9.67 Å². The fraction of sp³-hybridized carbons (Fsp3) is 0.227. The Morgan fingerprint density at radius 1 is 1.16 bits per heavy atom. The van der Waals surface area contributed by atoms with Crippen LogP contribution in [0.4, 0.5) is 5.95 Å². The van der Waals surface area contributed by atoms with Crippen LogP contribution in [0, 0.1) is 6.92 Å². The van der Waals surface area contributed by atoms with Gasteiger partial charge in [0.2, 0.25) is 5.95 Å². The van der Waals surface area contributed by atoms with E-state index in [1.54, 1.807) is 26.4 Å². The van der Waals surface area contributed by atoms with Crippen LogP contribution in [0.3, 0.4) is 0 Å². The highest BCUT2D eigenvalue weighted by Gasteiger charge is 2.19. The smallest absolute Gasteiger partial charge is 0.254 e. The molecule has 160 valence electrons. The number of nitrogens with one attached hydrogen (secondary N) is 1. The summed E-state index contributed by atoms with van der Waals surface area (Å²) in [5.74, 6) is 3.38. The monoisotopic (exact) mass is 438 g/mol. The van der Waals surface area contributed by atoms with Crippen LogP contribution in [0.2, 0.25) is 0 Å². The summed E-state index contributed by atoms with van der Waals surface area (Å²) in [6, 6.07) is 13.0. The van der Waals surface area contributed by atoms with E-state index in [0.717, 1.165) is 22.0 Å². The zero-order valence-electron chi connectivity index (χ0n) is 17.4. The van der Waals surface area contributed by atoms with Gasteiger partial charge in [-0.1, -0.05) is 12.1 Å². The maximum atomic E-state index is 13.1. The van der Waals surface area contributed by atoms with Gasteiger partial charge in [0.25, 0.3) is 5.91 Å². The Morgan fingerprint density at radius 2 is 2.00 bits per heavy atom. The molecule has 3 heterocycles. The summed E-state index contributed by atoms with van der Waals surface area (Å²) in [4.78, 5) is 18.5. The van der Waals surface area contributed by atoms with E-state index in [4.69, 9.17) is 13.9 Å². The number of furan rings is 1. The van der Waals surface area contributed by atoms with E-state index >= 15 is 0 Å². The zero-order chi connectivity index (χ0) is 21.8. The highest BCUT2D eigenvalue weighted by atomic mass is 32.1. The Balaban J connectivity index is 1.59. The number of aryl methyl sites for hydroxylation is 1. The van der Waals surface area contributed by atoms with E-state index in [-0.39, 0.29) is 12.3 Å². The summed E-state index contributed by atoms with van der Waals surface area (Å²) in [5, 5.41) is 9.57. The van der Waals surface area contributed by atoms with Gasteiger partial charge in [-0.3, -0.25) is 4.79 Å². The molecule has 4 aromatic rings. The Morgan fingerprint density at radius 3 is 2.68 bits per heavy atom. The van der Waals surface area contributed by atoms with Gasteiger partial charge in [-0.25, -0.2) is 0 Å². The zero-order valence-corrected chi connectivity index (χ0v) is 18.2. The highest BCUT2D eigenvalue weighted by Crippen LogP contribution is 2.28. The van der Waals surface area contributed by atoms with Crippen LogP contribution in [-0.4, -0.2) is 34.9 Å². The fourth-order valence-corrected chi connectivity index (χ4v) is 3.75. The second-order valence-electron chi connectivity index (χ2n) is 6.77. The average molecular weight is 439 g/mol. The van der Waals surface area contributed by atoms with Crippen LogP contribution >= 0.6 is 11.3 Å². The molecule has 0 aliphatic carbocycles. The maximum absolute atomic E-state index is 13.1. The van der Waals surface area contributed by atoms with Crippen molar-refractivity contribution >= 4 is 23.2 Å². The second-order valence-corrected chi connectivity index (χ2v) is 7.72. The quantitative estimate of drug-likeness (QED) is 0.435. The summed E-state index contributed by atoms with van der Waals surface area (Å²) in [7, 11) is 3.13. The molecule has 4 rings (SSSR count). The topological polar surface area (TPSA) is 91.4 Å². The first-order chi connectivity index (χ1) is 15.1. The number of carbonyl (C=O) groups is 1. The normalized spacial score (nSPS) is 10.8. The summed E-state index contributed by atoms with van der Waals surface area (Å²) in [6.45, 7) is 2.27. The van der Waals surface area contributed by atoms with E-state index < -0.39 is 0 Å². The SMILES string of the molecule is COc1ccc(CC(=O)n2nc(-c3cccs3)nc2NCc2ccc(C)o2)cc1OC. The van der Waals surface area contributed by atoms with Crippen LogP contribution in [-0.2, 0) is 13.0 Å². The molecule has 3 aromatic heterocycles. The Bertz CT molecular complexity index is 1180. The molecule has 0 atom stereocenters. The van der Waals surface area contributed by atoms with Crippen molar-refractivity contribution in [3.63, 3.8) is 0 Å². The van der Waals surface area contributed by atoms with Gasteiger partial charge in [-0.15, -0.1) is 16.4 Å². The summed E-state index contributed by atoms with van der Waals surface area (Å²) in [5.41, 5.74) is 0.781. The van der Waals surface area contributed by atoms with Crippen LogP contribution in [0.5, 0.6) is 11.5 Å². The number of ether oxygens (including phenoxy) is 2. The van der Waals surface area contributed by atoms with E-state index in [9.17, 15) is 4.79 Å².